The summed E-state index contributed by atoms with van der Waals surface area (Å²) in [6.07, 6.45) is 5.90. The molecule has 7 rings (SSSR count). The summed E-state index contributed by atoms with van der Waals surface area (Å²) in [5.74, 6) is 2.15. The van der Waals surface area contributed by atoms with E-state index in [0.29, 0.717) is 5.92 Å². The van der Waals surface area contributed by atoms with Gasteiger partial charge in [-0.1, -0.05) is 61.6 Å². The van der Waals surface area contributed by atoms with E-state index < -0.39 is 19.3 Å². The molecule has 3 aliphatic rings. The van der Waals surface area contributed by atoms with Crippen LogP contribution in [0.5, 0.6) is 0 Å². The topological polar surface area (TPSA) is 116 Å². The average molecular weight is 681 g/mol. The number of rotatable bonds is 5. The van der Waals surface area contributed by atoms with Gasteiger partial charge in [-0.3, -0.25) is 4.90 Å². The molecule has 11 heteroatoms. The summed E-state index contributed by atoms with van der Waals surface area (Å²) in [5, 5.41) is 0. The summed E-state index contributed by atoms with van der Waals surface area (Å²) in [6.45, 7) is 16.0. The molecule has 2 aromatic heterocycles. The molecule has 2 amide bonds. The van der Waals surface area contributed by atoms with Crippen LogP contribution in [0.1, 0.15) is 78.1 Å². The van der Waals surface area contributed by atoms with Crippen molar-refractivity contribution in [2.75, 3.05) is 6.17 Å². The van der Waals surface area contributed by atoms with Crippen molar-refractivity contribution in [3.8, 4) is 33.6 Å². The monoisotopic (exact) mass is 680 g/mol. The van der Waals surface area contributed by atoms with Crippen LogP contribution < -0.4 is 0 Å². The number of carbonyl (C=O) groups is 2. The minimum atomic E-state index is -1.61. The Balaban J connectivity index is 1.02. The van der Waals surface area contributed by atoms with Crippen LogP contribution in [0.4, 0.5) is 9.59 Å². The lowest BCUT2D eigenvalue weighted by Gasteiger charge is -2.29. The minimum absolute atomic E-state index is 0.0909. The summed E-state index contributed by atoms with van der Waals surface area (Å²) in [4.78, 5) is 46.3. The summed E-state index contributed by atoms with van der Waals surface area (Å²) in [6, 6.07) is 17.9. The molecule has 4 heterocycles. The third-order valence-corrected chi connectivity index (χ3v) is 12.3. The van der Waals surface area contributed by atoms with Crippen LogP contribution in [0.25, 0.3) is 33.6 Å². The van der Waals surface area contributed by atoms with E-state index in [1.54, 1.807) is 0 Å². The fraction of sp³-hybridized carbons (Fsp3) is 0.474. The number of fused-ring (bicyclic) bond motifs is 1. The van der Waals surface area contributed by atoms with Gasteiger partial charge in [0.25, 0.3) is 0 Å². The molecule has 0 unspecified atom stereocenters. The fourth-order valence-electron chi connectivity index (χ4n) is 7.29. The number of amides is 2. The van der Waals surface area contributed by atoms with Gasteiger partial charge in [0.2, 0.25) is 0 Å². The number of aromatic nitrogens is 4. The maximum atomic E-state index is 13.1. The van der Waals surface area contributed by atoms with Crippen molar-refractivity contribution in [2.45, 2.75) is 103 Å². The average Bonchev–Trinajstić information content (AvgIpc) is 3.48. The molecule has 10 nitrogen and oxygen atoms in total. The summed E-state index contributed by atoms with van der Waals surface area (Å²) >= 11 is 0. The second-order valence-corrected chi connectivity index (χ2v) is 21.8. The van der Waals surface area contributed by atoms with Gasteiger partial charge in [0.05, 0.1) is 43.9 Å². The van der Waals surface area contributed by atoms with Gasteiger partial charge in [0.15, 0.2) is 0 Å². The van der Waals surface area contributed by atoms with Crippen molar-refractivity contribution in [3.63, 3.8) is 0 Å². The van der Waals surface area contributed by atoms with Gasteiger partial charge >= 0.3 is 12.2 Å². The lowest BCUT2D eigenvalue weighted by molar-refractivity contribution is 0.0173. The Morgan fingerprint density at radius 1 is 0.714 bits per heavy atom. The van der Waals surface area contributed by atoms with Crippen molar-refractivity contribution >= 4 is 20.3 Å². The number of hydrogen-bond donors (Lipinski definition) is 2. The predicted octanol–water partition coefficient (Wildman–Crippen LogP) is 8.74. The van der Waals surface area contributed by atoms with Crippen molar-refractivity contribution in [2.24, 2.45) is 5.92 Å². The van der Waals surface area contributed by atoms with Gasteiger partial charge in [-0.25, -0.2) is 19.6 Å². The molecule has 3 fully saturated rings. The highest BCUT2D eigenvalue weighted by Gasteiger charge is 2.56. The molecule has 0 spiro atoms. The number of nitrogens with zero attached hydrogens (tertiary/aromatic N) is 4. The Kier molecular flexibility index (Phi) is 8.04. The van der Waals surface area contributed by atoms with Crippen LogP contribution in [0.2, 0.25) is 19.1 Å². The molecule has 0 radical (unpaired) electrons. The molecule has 1 saturated carbocycles. The number of hydrogen-bond acceptors (Lipinski definition) is 6. The first kappa shape index (κ1) is 33.1. The second-order valence-electron chi connectivity index (χ2n) is 16.7. The summed E-state index contributed by atoms with van der Waals surface area (Å²) in [7, 11) is -1.61. The number of piperidine rings is 1. The number of H-pyrrole nitrogens is 2. The fourth-order valence-corrected chi connectivity index (χ4v) is 10.2. The summed E-state index contributed by atoms with van der Waals surface area (Å²) in [5.41, 5.74) is 5.06. The predicted molar refractivity (Wildman–Crippen MR) is 192 cm³/mol. The van der Waals surface area contributed by atoms with E-state index in [0.717, 1.165) is 70.3 Å². The molecule has 0 bridgehead atoms. The molecule has 2 aromatic carbocycles. The van der Waals surface area contributed by atoms with E-state index in [1.807, 2.05) is 63.7 Å². The molecular formula is C38H48N6O4Si. The Bertz CT molecular complexity index is 1850. The molecule has 4 atom stereocenters. The number of nitrogens with one attached hydrogen (secondary N) is 2. The van der Waals surface area contributed by atoms with Gasteiger partial charge in [0, 0.05) is 12.2 Å². The largest absolute Gasteiger partial charge is 0.444 e. The molecular weight excluding hydrogens is 633 g/mol. The number of likely N-dealkylation sites (tertiary alicyclic amines) is 1. The van der Waals surface area contributed by atoms with Crippen LogP contribution in [0, 0.1) is 5.92 Å². The maximum Gasteiger partial charge on any atom is 0.411 e. The Morgan fingerprint density at radius 3 is 1.69 bits per heavy atom. The zero-order valence-electron chi connectivity index (χ0n) is 29.8. The Labute approximate surface area is 289 Å². The smallest absolute Gasteiger partial charge is 0.411 e. The first-order chi connectivity index (χ1) is 23.0. The van der Waals surface area contributed by atoms with Gasteiger partial charge in [0.1, 0.15) is 22.9 Å². The molecule has 258 valence electrons. The maximum absolute atomic E-state index is 13.1. The molecule has 2 N–H and O–H groups in total. The first-order valence-corrected chi connectivity index (χ1v) is 20.8. The van der Waals surface area contributed by atoms with E-state index in [2.05, 4.69) is 71.6 Å². The first-order valence-electron chi connectivity index (χ1n) is 17.4. The quantitative estimate of drug-likeness (QED) is 0.204. The van der Waals surface area contributed by atoms with Gasteiger partial charge in [-0.2, -0.15) is 0 Å². The molecule has 49 heavy (non-hydrogen) atoms. The van der Waals surface area contributed by atoms with Crippen LogP contribution in [0.3, 0.4) is 0 Å². The number of aromatic amines is 2. The van der Waals surface area contributed by atoms with Gasteiger partial charge < -0.3 is 24.3 Å². The van der Waals surface area contributed by atoms with Crippen LogP contribution in [0.15, 0.2) is 60.9 Å². The third kappa shape index (κ3) is 7.04. The standard InChI is InChI=1S/C38H48N6O4Si/c1-37(2,3)47-35(45)43-22-49(7,8)21-32(43)34-40-20-29(42-34)26-15-11-24(12-16-26)23-9-13-25(14-10-23)28-19-39-33(41-28)31-18-27-17-30(27)44(31)36(46)48-38(4,5)6/h9-16,19-20,27,30-32H,17-18,21-22H2,1-8H3,(H,39,41)(H,40,42)/t27-,30-,31+,32+/m1/s1. The van der Waals surface area contributed by atoms with Crippen molar-refractivity contribution < 1.29 is 19.1 Å². The van der Waals surface area contributed by atoms with E-state index in [4.69, 9.17) is 19.4 Å². The molecule has 4 aromatic rings. The van der Waals surface area contributed by atoms with Gasteiger partial charge in [-0.05, 0) is 88.6 Å². The highest BCUT2D eigenvalue weighted by Crippen LogP contribution is 2.53. The summed E-state index contributed by atoms with van der Waals surface area (Å²) < 4.78 is 11.5. The third-order valence-electron chi connectivity index (χ3n) is 9.60. The molecule has 2 saturated heterocycles. The SMILES string of the molecule is CC(C)(C)OC(=O)N1C[Si](C)(C)C[C@H]1c1ncc(-c2ccc(-c3ccc(-c4cnc([C@@H]5C[C@H]6C[C@H]6N5C(=O)OC(C)(C)C)[nH]4)cc3)cc2)[nH]1. The zero-order valence-corrected chi connectivity index (χ0v) is 30.8. The lowest BCUT2D eigenvalue weighted by Crippen LogP contribution is -2.39. The number of benzene rings is 2. The van der Waals surface area contributed by atoms with E-state index in [9.17, 15) is 9.59 Å². The minimum Gasteiger partial charge on any atom is -0.444 e. The Morgan fingerprint density at radius 2 is 1.18 bits per heavy atom. The van der Waals surface area contributed by atoms with Gasteiger partial charge in [-0.15, -0.1) is 0 Å². The van der Waals surface area contributed by atoms with E-state index in [1.165, 1.54) is 0 Å². The normalized spacial score (nSPS) is 23.0. The van der Waals surface area contributed by atoms with E-state index >= 15 is 0 Å². The van der Waals surface area contributed by atoms with Crippen molar-refractivity contribution in [1.82, 2.24) is 29.7 Å². The highest BCUT2D eigenvalue weighted by molar-refractivity contribution is 6.78. The lowest BCUT2D eigenvalue weighted by atomic mass is 10.0. The number of imidazole rings is 2. The molecule has 2 aliphatic heterocycles. The van der Waals surface area contributed by atoms with Crippen molar-refractivity contribution in [3.05, 3.63) is 72.6 Å². The second kappa shape index (κ2) is 11.9. The highest BCUT2D eigenvalue weighted by atomic mass is 28.3. The van der Waals surface area contributed by atoms with Crippen molar-refractivity contribution in [1.29, 1.82) is 0 Å². The number of ether oxygens (including phenoxy) is 2. The van der Waals surface area contributed by atoms with E-state index in [-0.39, 0.29) is 30.3 Å². The Hall–Kier alpha value is -4.38. The molecule has 1 aliphatic carbocycles. The van der Waals surface area contributed by atoms with Crippen LogP contribution >= 0.6 is 0 Å². The zero-order chi connectivity index (χ0) is 34.9. The van der Waals surface area contributed by atoms with Crippen LogP contribution in [-0.4, -0.2) is 73.4 Å². The number of carbonyl (C=O) groups excluding carboxylic acids is 2. The van der Waals surface area contributed by atoms with Crippen LogP contribution in [-0.2, 0) is 9.47 Å².